The van der Waals surface area contributed by atoms with Gasteiger partial charge in [-0.05, 0) is 66.9 Å². The zero-order valence-electron chi connectivity index (χ0n) is 17.3. The van der Waals surface area contributed by atoms with Crippen molar-refractivity contribution < 1.29 is 9.13 Å². The van der Waals surface area contributed by atoms with Crippen LogP contribution < -0.4 is 10.3 Å². The molecule has 5 nitrogen and oxygen atoms in total. The van der Waals surface area contributed by atoms with Crippen LogP contribution in [0, 0.1) is 5.82 Å². The lowest BCUT2D eigenvalue weighted by molar-refractivity contribution is 0.415. The number of halogens is 1. The van der Waals surface area contributed by atoms with E-state index in [1.54, 1.807) is 30.6 Å². The summed E-state index contributed by atoms with van der Waals surface area (Å²) in [5, 5.41) is 5.23. The molecule has 0 spiro atoms. The second-order valence-electron chi connectivity index (χ2n) is 7.00. The highest BCUT2D eigenvalue weighted by atomic mass is 32.1. The molecule has 0 bridgehead atoms. The molecule has 0 aliphatic carbocycles. The summed E-state index contributed by atoms with van der Waals surface area (Å²) in [6, 6.07) is 17.4. The number of methoxy groups -OCH3 is 1. The molecule has 1 N–H and O–H groups in total. The third-order valence-corrected chi connectivity index (χ3v) is 5.94. The SMILES string of the molecule is COc1ccc(-c2[nH]n(-c3ccc(F)cc3)c(=O)c2C(C)=NCCc2cccs2)cc1. The Kier molecular flexibility index (Phi) is 6.13. The number of hydrogen-bond donors (Lipinski definition) is 1. The number of aromatic amines is 1. The van der Waals surface area contributed by atoms with E-state index in [0.29, 0.717) is 29.2 Å². The molecule has 31 heavy (non-hydrogen) atoms. The average molecular weight is 436 g/mol. The Bertz CT molecular complexity index is 1240. The zero-order chi connectivity index (χ0) is 21.8. The number of aliphatic imine (C=N–C) groups is 1. The van der Waals surface area contributed by atoms with Gasteiger partial charge in [-0.1, -0.05) is 6.07 Å². The molecule has 0 aliphatic heterocycles. The first-order valence-corrected chi connectivity index (χ1v) is 10.7. The summed E-state index contributed by atoms with van der Waals surface area (Å²) in [4.78, 5) is 19.3. The summed E-state index contributed by atoms with van der Waals surface area (Å²) in [5.74, 6) is 0.372. The Morgan fingerprint density at radius 1 is 1.13 bits per heavy atom. The molecule has 0 saturated heterocycles. The highest BCUT2D eigenvalue weighted by Gasteiger charge is 2.19. The third-order valence-electron chi connectivity index (χ3n) is 5.00. The Balaban J connectivity index is 1.76. The molecule has 2 aromatic carbocycles. The van der Waals surface area contributed by atoms with E-state index in [2.05, 4.69) is 16.2 Å². The fraction of sp³-hybridized carbons (Fsp3) is 0.167. The van der Waals surface area contributed by atoms with Crippen molar-refractivity contribution in [3.05, 3.63) is 92.7 Å². The Labute approximate surface area is 183 Å². The maximum absolute atomic E-state index is 13.4. The van der Waals surface area contributed by atoms with Crippen LogP contribution >= 0.6 is 11.3 Å². The Morgan fingerprint density at radius 2 is 1.87 bits per heavy atom. The summed E-state index contributed by atoms with van der Waals surface area (Å²) < 4.78 is 20.0. The standard InChI is InChI=1S/C24H22FN3O2S/c1-16(26-14-13-21-4-3-15-31-21)22-23(17-5-11-20(30-2)12-6-17)27-28(24(22)29)19-9-7-18(25)8-10-19/h3-12,15,27H,13-14H2,1-2H3. The molecular weight excluding hydrogens is 413 g/mol. The van der Waals surface area contributed by atoms with Crippen molar-refractivity contribution in [2.24, 2.45) is 4.99 Å². The first-order valence-electron chi connectivity index (χ1n) is 9.86. The predicted octanol–water partition coefficient (Wildman–Crippen LogP) is 5.09. The molecule has 4 aromatic rings. The maximum Gasteiger partial charge on any atom is 0.280 e. The van der Waals surface area contributed by atoms with E-state index in [0.717, 1.165) is 17.7 Å². The summed E-state index contributed by atoms with van der Waals surface area (Å²) in [6.07, 6.45) is 0.823. The molecule has 2 heterocycles. The van der Waals surface area contributed by atoms with Crippen LogP contribution in [0.15, 0.2) is 75.8 Å². The first-order chi connectivity index (χ1) is 15.1. The number of aromatic nitrogens is 2. The van der Waals surface area contributed by atoms with Gasteiger partial charge in [0.15, 0.2) is 0 Å². The van der Waals surface area contributed by atoms with Crippen molar-refractivity contribution in [1.29, 1.82) is 0 Å². The smallest absolute Gasteiger partial charge is 0.280 e. The van der Waals surface area contributed by atoms with E-state index < -0.39 is 0 Å². The monoisotopic (exact) mass is 435 g/mol. The number of thiophene rings is 1. The van der Waals surface area contributed by atoms with E-state index in [9.17, 15) is 9.18 Å². The highest BCUT2D eigenvalue weighted by molar-refractivity contribution is 7.09. The van der Waals surface area contributed by atoms with Gasteiger partial charge in [-0.25, -0.2) is 9.07 Å². The number of H-pyrrole nitrogens is 1. The zero-order valence-corrected chi connectivity index (χ0v) is 18.1. The van der Waals surface area contributed by atoms with Gasteiger partial charge in [-0.3, -0.25) is 14.9 Å². The molecule has 0 fully saturated rings. The van der Waals surface area contributed by atoms with Gasteiger partial charge in [-0.2, -0.15) is 0 Å². The van der Waals surface area contributed by atoms with Crippen LogP contribution in [0.5, 0.6) is 5.75 Å². The fourth-order valence-electron chi connectivity index (χ4n) is 3.38. The summed E-state index contributed by atoms with van der Waals surface area (Å²) >= 11 is 1.70. The fourth-order valence-corrected chi connectivity index (χ4v) is 4.08. The number of rotatable bonds is 7. The normalized spacial score (nSPS) is 11.6. The van der Waals surface area contributed by atoms with Crippen molar-refractivity contribution in [1.82, 2.24) is 9.78 Å². The quantitative estimate of drug-likeness (QED) is 0.411. The van der Waals surface area contributed by atoms with E-state index in [1.807, 2.05) is 42.6 Å². The van der Waals surface area contributed by atoms with Gasteiger partial charge in [0.25, 0.3) is 5.56 Å². The van der Waals surface area contributed by atoms with Gasteiger partial charge in [0, 0.05) is 29.1 Å². The molecular formula is C24H22FN3O2S. The molecule has 7 heteroatoms. The Hall–Kier alpha value is -3.45. The molecule has 0 saturated carbocycles. The number of hydrogen-bond acceptors (Lipinski definition) is 4. The lowest BCUT2D eigenvalue weighted by Crippen LogP contribution is -2.19. The lowest BCUT2D eigenvalue weighted by Gasteiger charge is -2.05. The number of ether oxygens (including phenoxy) is 1. The topological polar surface area (TPSA) is 59.4 Å². The number of benzene rings is 2. The molecule has 4 rings (SSSR count). The van der Waals surface area contributed by atoms with Crippen LogP contribution in [0.25, 0.3) is 16.9 Å². The van der Waals surface area contributed by atoms with Crippen LogP contribution in [-0.4, -0.2) is 29.1 Å². The minimum Gasteiger partial charge on any atom is -0.497 e. The van der Waals surface area contributed by atoms with Crippen LogP contribution in [0.1, 0.15) is 17.4 Å². The number of nitrogens with zero attached hydrogens (tertiary/aromatic N) is 2. The third kappa shape index (κ3) is 4.51. The molecule has 0 aliphatic rings. The molecule has 158 valence electrons. The van der Waals surface area contributed by atoms with Gasteiger partial charge >= 0.3 is 0 Å². The van der Waals surface area contributed by atoms with Crippen LogP contribution in [0.4, 0.5) is 4.39 Å². The minimum atomic E-state index is -0.356. The molecule has 2 aromatic heterocycles. The van der Waals surface area contributed by atoms with Crippen LogP contribution in [0.2, 0.25) is 0 Å². The van der Waals surface area contributed by atoms with Crippen molar-refractivity contribution in [3.63, 3.8) is 0 Å². The highest BCUT2D eigenvalue weighted by Crippen LogP contribution is 2.24. The van der Waals surface area contributed by atoms with Gasteiger partial charge in [-0.15, -0.1) is 11.3 Å². The maximum atomic E-state index is 13.4. The Morgan fingerprint density at radius 3 is 2.52 bits per heavy atom. The van der Waals surface area contributed by atoms with Crippen molar-refractivity contribution >= 4 is 17.0 Å². The minimum absolute atomic E-state index is 0.227. The van der Waals surface area contributed by atoms with Crippen molar-refractivity contribution in [3.8, 4) is 22.7 Å². The predicted molar refractivity (Wildman–Crippen MR) is 123 cm³/mol. The van der Waals surface area contributed by atoms with E-state index in [-0.39, 0.29) is 11.4 Å². The molecule has 0 unspecified atom stereocenters. The molecule has 0 atom stereocenters. The second-order valence-corrected chi connectivity index (χ2v) is 8.04. The summed E-state index contributed by atoms with van der Waals surface area (Å²) in [6.45, 7) is 2.44. The summed E-state index contributed by atoms with van der Waals surface area (Å²) in [7, 11) is 1.61. The van der Waals surface area contributed by atoms with E-state index in [4.69, 9.17) is 4.74 Å². The molecule has 0 amide bonds. The first kappa shape index (κ1) is 20.8. The second kappa shape index (κ2) is 9.14. The van der Waals surface area contributed by atoms with Crippen molar-refractivity contribution in [2.75, 3.05) is 13.7 Å². The van der Waals surface area contributed by atoms with E-state index >= 15 is 0 Å². The van der Waals surface area contributed by atoms with Gasteiger partial charge in [0.1, 0.15) is 11.6 Å². The van der Waals surface area contributed by atoms with Gasteiger partial charge < -0.3 is 4.74 Å². The van der Waals surface area contributed by atoms with E-state index in [1.165, 1.54) is 21.7 Å². The largest absolute Gasteiger partial charge is 0.497 e. The van der Waals surface area contributed by atoms with Gasteiger partial charge in [0.05, 0.1) is 24.1 Å². The van der Waals surface area contributed by atoms with Gasteiger partial charge in [0.2, 0.25) is 0 Å². The van der Waals surface area contributed by atoms with Crippen LogP contribution in [-0.2, 0) is 6.42 Å². The summed E-state index contributed by atoms with van der Waals surface area (Å²) in [5.41, 5.74) is 2.98. The van der Waals surface area contributed by atoms with Crippen LogP contribution in [0.3, 0.4) is 0 Å². The van der Waals surface area contributed by atoms with Crippen molar-refractivity contribution in [2.45, 2.75) is 13.3 Å². The average Bonchev–Trinajstić information content (AvgIpc) is 3.42. The number of nitrogens with one attached hydrogen (secondary N) is 1. The lowest BCUT2D eigenvalue weighted by atomic mass is 10.0. The molecule has 0 radical (unpaired) electrons.